The molecule has 7 heteroatoms. The van der Waals surface area contributed by atoms with Crippen molar-refractivity contribution >= 4 is 29.8 Å². The monoisotopic (exact) mass is 312 g/mol. The zero-order valence-corrected chi connectivity index (χ0v) is 12.2. The number of esters is 1. The van der Waals surface area contributed by atoms with Crippen LogP contribution in [-0.2, 0) is 4.74 Å². The second-order valence-corrected chi connectivity index (χ2v) is 4.75. The molecule has 0 bridgehead atoms. The van der Waals surface area contributed by atoms with E-state index >= 15 is 0 Å². The summed E-state index contributed by atoms with van der Waals surface area (Å²) in [6.45, 7) is 1.65. The number of carbonyl (C=O) groups is 1. The number of aromatic nitrogens is 2. The Labute approximate surface area is 124 Å². The van der Waals surface area contributed by atoms with Crippen LogP contribution in [0, 0.1) is 17.4 Å². The van der Waals surface area contributed by atoms with Gasteiger partial charge in [-0.25, -0.2) is 14.2 Å². The average molecular weight is 313 g/mol. The predicted octanol–water partition coefficient (Wildman–Crippen LogP) is 3.69. The van der Waals surface area contributed by atoms with Gasteiger partial charge < -0.3 is 9.72 Å². The van der Waals surface area contributed by atoms with Gasteiger partial charge in [0.05, 0.1) is 12.1 Å². The van der Waals surface area contributed by atoms with Crippen LogP contribution in [0.3, 0.4) is 0 Å². The van der Waals surface area contributed by atoms with E-state index in [-0.39, 0.29) is 15.2 Å². The van der Waals surface area contributed by atoms with Crippen molar-refractivity contribution in [1.82, 2.24) is 9.97 Å². The van der Waals surface area contributed by atoms with Gasteiger partial charge in [-0.15, -0.1) is 0 Å². The molecule has 0 spiro atoms. The summed E-state index contributed by atoms with van der Waals surface area (Å²) in [6, 6.07) is 4.37. The number of H-pyrrole nitrogens is 1. The molecule has 4 nitrogen and oxygen atoms in total. The van der Waals surface area contributed by atoms with Gasteiger partial charge in [0.1, 0.15) is 21.8 Å². The van der Waals surface area contributed by atoms with Crippen molar-refractivity contribution in [1.29, 1.82) is 0 Å². The fourth-order valence-corrected chi connectivity index (χ4v) is 2.29. The van der Waals surface area contributed by atoms with Gasteiger partial charge in [-0.1, -0.05) is 29.9 Å². The standard InChI is InChI=1S/C13H10ClFN2O2S/c1-6-9(13(18)19-2)12(20)17-11(16-6)7-4-3-5-8(15)10(7)14/h3-5H,1-2H3,(H,16,17,20). The van der Waals surface area contributed by atoms with Gasteiger partial charge in [0.15, 0.2) is 0 Å². The van der Waals surface area contributed by atoms with Gasteiger partial charge >= 0.3 is 5.97 Å². The number of carbonyl (C=O) groups excluding carboxylic acids is 1. The van der Waals surface area contributed by atoms with Crippen molar-refractivity contribution in [2.24, 2.45) is 0 Å². The average Bonchev–Trinajstić information content (AvgIpc) is 2.40. The number of benzene rings is 1. The number of ether oxygens (including phenoxy) is 1. The van der Waals surface area contributed by atoms with Gasteiger partial charge in [0.2, 0.25) is 0 Å². The first kappa shape index (κ1) is 14.6. The SMILES string of the molecule is COC(=O)c1c(C)[nH]c(-c2cccc(F)c2Cl)nc1=S. The van der Waals surface area contributed by atoms with Crippen LogP contribution in [0.15, 0.2) is 18.2 Å². The molecule has 1 aromatic carbocycles. The Kier molecular flexibility index (Phi) is 4.15. The van der Waals surface area contributed by atoms with Crippen molar-refractivity contribution in [3.63, 3.8) is 0 Å². The quantitative estimate of drug-likeness (QED) is 0.678. The summed E-state index contributed by atoms with van der Waals surface area (Å²) in [6.07, 6.45) is 0. The molecule has 0 amide bonds. The third-order valence-corrected chi connectivity index (χ3v) is 3.38. The lowest BCUT2D eigenvalue weighted by Crippen LogP contribution is -2.09. The number of aryl methyl sites for hydroxylation is 1. The van der Waals surface area contributed by atoms with Crippen LogP contribution >= 0.6 is 23.8 Å². The summed E-state index contributed by atoms with van der Waals surface area (Å²) in [4.78, 5) is 18.6. The molecule has 0 fully saturated rings. The first-order valence-electron chi connectivity index (χ1n) is 5.59. The van der Waals surface area contributed by atoms with Gasteiger partial charge in [0.25, 0.3) is 0 Å². The fourth-order valence-electron chi connectivity index (χ4n) is 1.74. The zero-order chi connectivity index (χ0) is 14.9. The third kappa shape index (κ3) is 2.57. The summed E-state index contributed by atoms with van der Waals surface area (Å²) >= 11 is 11.0. The molecule has 2 aromatic rings. The highest BCUT2D eigenvalue weighted by atomic mass is 35.5. The van der Waals surface area contributed by atoms with Crippen LogP contribution in [0.25, 0.3) is 11.4 Å². The number of nitrogens with one attached hydrogen (secondary N) is 1. The molecular weight excluding hydrogens is 303 g/mol. The molecule has 1 N–H and O–H groups in total. The molecule has 0 saturated carbocycles. The lowest BCUT2D eigenvalue weighted by Gasteiger charge is -2.09. The van der Waals surface area contributed by atoms with E-state index in [0.717, 1.165) is 0 Å². The van der Waals surface area contributed by atoms with E-state index in [0.29, 0.717) is 17.1 Å². The van der Waals surface area contributed by atoms with E-state index in [1.807, 2.05) is 0 Å². The van der Waals surface area contributed by atoms with Gasteiger partial charge in [0, 0.05) is 11.3 Å². The second kappa shape index (κ2) is 5.68. The maximum Gasteiger partial charge on any atom is 0.342 e. The number of aromatic amines is 1. The smallest absolute Gasteiger partial charge is 0.342 e. The van der Waals surface area contributed by atoms with Crippen molar-refractivity contribution in [2.75, 3.05) is 7.11 Å². The number of methoxy groups -OCH3 is 1. The predicted molar refractivity (Wildman–Crippen MR) is 75.9 cm³/mol. The van der Waals surface area contributed by atoms with Crippen molar-refractivity contribution in [3.8, 4) is 11.4 Å². The molecule has 0 aliphatic heterocycles. The molecule has 0 radical (unpaired) electrons. The summed E-state index contributed by atoms with van der Waals surface area (Å²) in [5, 5.41) is -0.0594. The second-order valence-electron chi connectivity index (χ2n) is 3.98. The van der Waals surface area contributed by atoms with Crippen molar-refractivity contribution < 1.29 is 13.9 Å². The largest absolute Gasteiger partial charge is 0.465 e. The summed E-state index contributed by atoms with van der Waals surface area (Å²) < 4.78 is 18.2. The highest BCUT2D eigenvalue weighted by Gasteiger charge is 2.16. The number of nitrogens with zero attached hydrogens (tertiary/aromatic N) is 1. The summed E-state index contributed by atoms with van der Waals surface area (Å²) in [5.41, 5.74) is 1.03. The van der Waals surface area contributed by atoms with Gasteiger partial charge in [-0.05, 0) is 19.1 Å². The van der Waals surface area contributed by atoms with E-state index < -0.39 is 11.8 Å². The summed E-state index contributed by atoms with van der Waals surface area (Å²) in [7, 11) is 1.26. The van der Waals surface area contributed by atoms with Crippen LogP contribution in [0.5, 0.6) is 0 Å². The highest BCUT2D eigenvalue weighted by molar-refractivity contribution is 7.71. The number of rotatable bonds is 2. The minimum absolute atomic E-state index is 0.0594. The molecule has 20 heavy (non-hydrogen) atoms. The minimum atomic E-state index is -0.576. The van der Waals surface area contributed by atoms with Gasteiger partial charge in [-0.2, -0.15) is 0 Å². The Morgan fingerprint density at radius 1 is 1.50 bits per heavy atom. The molecule has 0 atom stereocenters. The summed E-state index contributed by atoms with van der Waals surface area (Å²) in [5.74, 6) is -0.835. The Bertz CT molecular complexity index is 746. The third-order valence-electron chi connectivity index (χ3n) is 2.70. The fraction of sp³-hybridized carbons (Fsp3) is 0.154. The molecular formula is C13H10ClFN2O2S. The first-order valence-corrected chi connectivity index (χ1v) is 6.38. The Balaban J connectivity index is 2.64. The van der Waals surface area contributed by atoms with Crippen LogP contribution in [-0.4, -0.2) is 23.0 Å². The lowest BCUT2D eigenvalue weighted by molar-refractivity contribution is 0.0598. The van der Waals surface area contributed by atoms with Crippen LogP contribution in [0.4, 0.5) is 4.39 Å². The molecule has 0 unspecified atom stereocenters. The molecule has 1 heterocycles. The molecule has 0 aliphatic carbocycles. The van der Waals surface area contributed by atoms with E-state index in [9.17, 15) is 9.18 Å². The number of halogens is 2. The van der Waals surface area contributed by atoms with Crippen LogP contribution in [0.1, 0.15) is 16.1 Å². The molecule has 1 aromatic heterocycles. The maximum atomic E-state index is 13.5. The highest BCUT2D eigenvalue weighted by Crippen LogP contribution is 2.28. The first-order chi connectivity index (χ1) is 9.45. The van der Waals surface area contributed by atoms with Crippen molar-refractivity contribution in [2.45, 2.75) is 6.92 Å². The number of hydrogen-bond donors (Lipinski definition) is 1. The lowest BCUT2D eigenvalue weighted by atomic mass is 10.2. The van der Waals surface area contributed by atoms with E-state index in [1.54, 1.807) is 13.0 Å². The van der Waals surface area contributed by atoms with Crippen molar-refractivity contribution in [3.05, 3.63) is 44.9 Å². The maximum absolute atomic E-state index is 13.5. The Morgan fingerprint density at radius 2 is 2.20 bits per heavy atom. The van der Waals surface area contributed by atoms with Crippen LogP contribution in [0.2, 0.25) is 5.02 Å². The van der Waals surface area contributed by atoms with E-state index in [4.69, 9.17) is 23.8 Å². The molecule has 2 rings (SSSR count). The van der Waals surface area contributed by atoms with E-state index in [1.165, 1.54) is 19.2 Å². The Morgan fingerprint density at radius 3 is 2.80 bits per heavy atom. The van der Waals surface area contributed by atoms with Gasteiger partial charge in [-0.3, -0.25) is 0 Å². The zero-order valence-electron chi connectivity index (χ0n) is 10.7. The molecule has 0 saturated heterocycles. The topological polar surface area (TPSA) is 55.0 Å². The van der Waals surface area contributed by atoms with E-state index in [2.05, 4.69) is 14.7 Å². The molecule has 104 valence electrons. The Hall–Kier alpha value is -1.79. The number of hydrogen-bond acceptors (Lipinski definition) is 4. The normalized spacial score (nSPS) is 10.4. The van der Waals surface area contributed by atoms with Crippen LogP contribution < -0.4 is 0 Å². The minimum Gasteiger partial charge on any atom is -0.465 e. The molecule has 0 aliphatic rings.